The number of ether oxygens (including phenoxy) is 3. The normalized spacial score (nSPS) is 14.7. The van der Waals surface area contributed by atoms with Gasteiger partial charge in [0.2, 0.25) is 0 Å². The van der Waals surface area contributed by atoms with Gasteiger partial charge in [-0.1, -0.05) is 0 Å². The Labute approximate surface area is 146 Å². The van der Waals surface area contributed by atoms with Crippen molar-refractivity contribution in [3.63, 3.8) is 0 Å². The molecule has 1 heterocycles. The topological polar surface area (TPSA) is 65.1 Å². The van der Waals surface area contributed by atoms with Crippen LogP contribution in [-0.2, 0) is 23.8 Å². The number of esters is 2. The van der Waals surface area contributed by atoms with Gasteiger partial charge >= 0.3 is 11.9 Å². The number of carbonyl (C=O) groups is 2. The molecular weight excluding hydrogens is 420 g/mol. The van der Waals surface area contributed by atoms with Crippen LogP contribution in [0.2, 0.25) is 0 Å². The number of benzene rings is 1. The van der Waals surface area contributed by atoms with Gasteiger partial charge in [0, 0.05) is 9.13 Å². The van der Waals surface area contributed by atoms with Crippen molar-refractivity contribution in [3.8, 4) is 0 Å². The highest BCUT2D eigenvalue weighted by molar-refractivity contribution is 14.1. The molecule has 1 aliphatic rings. The van der Waals surface area contributed by atoms with Crippen molar-refractivity contribution in [3.05, 3.63) is 38.4 Å². The number of halogens is 2. The number of hydrogen-bond donors (Lipinski definition) is 0. The van der Waals surface area contributed by atoms with Crippen LogP contribution >= 0.6 is 22.6 Å². The van der Waals surface area contributed by atoms with E-state index in [1.165, 1.54) is 31.3 Å². The molecular formula is C15H15FINO5. The van der Waals surface area contributed by atoms with E-state index < -0.39 is 11.9 Å². The molecule has 0 aromatic heterocycles. The van der Waals surface area contributed by atoms with Gasteiger partial charge in [-0.3, -0.25) is 0 Å². The van der Waals surface area contributed by atoms with Crippen LogP contribution in [0, 0.1) is 16.3 Å². The lowest BCUT2D eigenvalue weighted by Crippen LogP contribution is -2.39. The van der Waals surface area contributed by atoms with Crippen LogP contribution in [0.15, 0.2) is 23.4 Å². The largest absolute Gasteiger partial charge is 0.466 e. The molecule has 0 fully saturated rings. The zero-order chi connectivity index (χ0) is 17.1. The first kappa shape index (κ1) is 17.7. The number of hydrogen-bond acceptors (Lipinski definition) is 6. The summed E-state index contributed by atoms with van der Waals surface area (Å²) in [4.78, 5) is 25.6. The maximum Gasteiger partial charge on any atom is 0.355 e. The fourth-order valence-electron chi connectivity index (χ4n) is 2.19. The Bertz CT molecular complexity index is 689. The van der Waals surface area contributed by atoms with E-state index in [-0.39, 0.29) is 30.4 Å². The van der Waals surface area contributed by atoms with Gasteiger partial charge in [0.25, 0.3) is 0 Å². The molecule has 0 N–H and O–H groups in total. The first-order valence-corrected chi connectivity index (χ1v) is 7.69. The van der Waals surface area contributed by atoms with Gasteiger partial charge in [-0.25, -0.2) is 14.0 Å². The maximum absolute atomic E-state index is 13.7. The number of rotatable bonds is 3. The summed E-state index contributed by atoms with van der Waals surface area (Å²) in [6.07, 6.45) is 0. The minimum atomic E-state index is -0.688. The number of carbonyl (C=O) groups excluding carboxylic acids is 2. The minimum absolute atomic E-state index is 0.0337. The number of methoxy groups -OCH3 is 2. The van der Waals surface area contributed by atoms with E-state index in [0.29, 0.717) is 14.8 Å². The van der Waals surface area contributed by atoms with E-state index in [4.69, 9.17) is 14.2 Å². The summed E-state index contributed by atoms with van der Waals surface area (Å²) >= 11 is 1.98. The van der Waals surface area contributed by atoms with Gasteiger partial charge in [0.1, 0.15) is 18.2 Å². The Morgan fingerprint density at radius 2 is 1.91 bits per heavy atom. The monoisotopic (exact) mass is 435 g/mol. The van der Waals surface area contributed by atoms with Gasteiger partial charge < -0.3 is 19.1 Å². The van der Waals surface area contributed by atoms with Crippen molar-refractivity contribution in [1.29, 1.82) is 0 Å². The van der Waals surface area contributed by atoms with E-state index >= 15 is 0 Å². The molecule has 0 radical (unpaired) electrons. The van der Waals surface area contributed by atoms with Gasteiger partial charge in [-0.05, 0) is 41.6 Å². The van der Waals surface area contributed by atoms with Gasteiger partial charge in [0.05, 0.1) is 32.1 Å². The molecule has 0 aliphatic carbocycles. The van der Waals surface area contributed by atoms with E-state index in [9.17, 15) is 14.0 Å². The smallest absolute Gasteiger partial charge is 0.355 e. The Balaban J connectivity index is 2.62. The quantitative estimate of drug-likeness (QED) is 0.536. The summed E-state index contributed by atoms with van der Waals surface area (Å²) in [7, 11) is 2.44. The van der Waals surface area contributed by atoms with Gasteiger partial charge in [0.15, 0.2) is 0 Å². The fourth-order valence-corrected chi connectivity index (χ4v) is 2.92. The Kier molecular flexibility index (Phi) is 5.58. The van der Waals surface area contributed by atoms with Crippen LogP contribution in [0.1, 0.15) is 5.56 Å². The molecule has 2 rings (SSSR count). The van der Waals surface area contributed by atoms with E-state index in [2.05, 4.69) is 0 Å². The third kappa shape index (κ3) is 3.32. The van der Waals surface area contributed by atoms with E-state index in [1.807, 2.05) is 22.6 Å². The Morgan fingerprint density at radius 3 is 2.52 bits per heavy atom. The van der Waals surface area contributed by atoms with Gasteiger partial charge in [-0.15, -0.1) is 0 Å². The molecule has 1 aliphatic heterocycles. The lowest BCUT2D eigenvalue weighted by atomic mass is 10.1. The van der Waals surface area contributed by atoms with Crippen LogP contribution < -0.4 is 4.90 Å². The summed E-state index contributed by atoms with van der Waals surface area (Å²) in [5.74, 6) is -1.72. The van der Waals surface area contributed by atoms with Crippen LogP contribution in [0.25, 0.3) is 0 Å². The molecule has 0 saturated heterocycles. The second kappa shape index (κ2) is 7.26. The molecule has 0 spiro atoms. The molecule has 6 nitrogen and oxygen atoms in total. The maximum atomic E-state index is 13.7. The molecule has 8 heteroatoms. The third-order valence-corrected chi connectivity index (χ3v) is 4.79. The highest BCUT2D eigenvalue weighted by Gasteiger charge is 2.33. The van der Waals surface area contributed by atoms with Crippen molar-refractivity contribution < 1.29 is 28.2 Å². The van der Waals surface area contributed by atoms with Crippen LogP contribution in [0.3, 0.4) is 0 Å². The SMILES string of the molecule is COC(=O)C1=C(C(=O)OC)N(c2ccc(F)c(C)c2I)COC1. The standard InChI is InChI=1S/C15H15FINO5/c1-8-10(16)4-5-11(12(8)17)18-7-23-6-9(14(19)21-2)13(18)15(20)22-3/h4-5H,6-7H2,1-3H3. The lowest BCUT2D eigenvalue weighted by Gasteiger charge is -2.32. The van der Waals surface area contributed by atoms with Crippen LogP contribution in [0.5, 0.6) is 0 Å². The number of anilines is 1. The molecule has 0 saturated carbocycles. The Hall–Kier alpha value is -1.68. The summed E-state index contributed by atoms with van der Waals surface area (Å²) in [5, 5.41) is 0. The predicted molar refractivity (Wildman–Crippen MR) is 88.2 cm³/mol. The van der Waals surface area contributed by atoms with Crippen molar-refractivity contribution in [2.75, 3.05) is 32.5 Å². The molecule has 1 aromatic carbocycles. The van der Waals surface area contributed by atoms with Crippen molar-refractivity contribution >= 4 is 40.2 Å². The molecule has 0 bridgehead atoms. The summed E-state index contributed by atoms with van der Waals surface area (Å²) in [6, 6.07) is 2.82. The Morgan fingerprint density at radius 1 is 1.26 bits per heavy atom. The first-order chi connectivity index (χ1) is 10.9. The average molecular weight is 435 g/mol. The third-order valence-electron chi connectivity index (χ3n) is 3.42. The summed E-state index contributed by atoms with van der Waals surface area (Å²) in [6.45, 7) is 1.60. The highest BCUT2D eigenvalue weighted by atomic mass is 127. The van der Waals surface area contributed by atoms with Crippen molar-refractivity contribution in [2.45, 2.75) is 6.92 Å². The van der Waals surface area contributed by atoms with Crippen LogP contribution in [-0.4, -0.2) is 39.5 Å². The molecule has 0 amide bonds. The molecule has 0 unspecified atom stereocenters. The summed E-state index contributed by atoms with van der Waals surface area (Å²) in [5.41, 5.74) is 1.08. The zero-order valence-electron chi connectivity index (χ0n) is 12.8. The van der Waals surface area contributed by atoms with Crippen molar-refractivity contribution in [1.82, 2.24) is 0 Å². The first-order valence-electron chi connectivity index (χ1n) is 6.62. The second-order valence-electron chi connectivity index (χ2n) is 4.72. The zero-order valence-corrected chi connectivity index (χ0v) is 15.0. The number of nitrogens with zero attached hydrogens (tertiary/aromatic N) is 1. The van der Waals surface area contributed by atoms with E-state index in [1.54, 1.807) is 6.92 Å². The lowest BCUT2D eigenvalue weighted by molar-refractivity contribution is -0.140. The molecule has 1 aromatic rings. The van der Waals surface area contributed by atoms with Gasteiger partial charge in [-0.2, -0.15) is 0 Å². The predicted octanol–water partition coefficient (Wildman–Crippen LogP) is 2.13. The molecule has 124 valence electrons. The molecule has 23 heavy (non-hydrogen) atoms. The highest BCUT2D eigenvalue weighted by Crippen LogP contribution is 2.32. The van der Waals surface area contributed by atoms with Crippen molar-refractivity contribution in [2.24, 2.45) is 0 Å². The molecule has 0 atom stereocenters. The second-order valence-corrected chi connectivity index (χ2v) is 5.80. The van der Waals surface area contributed by atoms with Crippen LogP contribution in [0.4, 0.5) is 10.1 Å². The summed E-state index contributed by atoms with van der Waals surface area (Å²) < 4.78 is 29.2. The minimum Gasteiger partial charge on any atom is -0.466 e. The van der Waals surface area contributed by atoms with E-state index in [0.717, 1.165) is 0 Å². The average Bonchev–Trinajstić information content (AvgIpc) is 2.57. The fraction of sp³-hybridized carbons (Fsp3) is 0.333.